The molecule has 0 saturated carbocycles. The first-order valence-electron chi connectivity index (χ1n) is 7.15. The van der Waals surface area contributed by atoms with Crippen LogP contribution in [0.4, 0.5) is 5.82 Å². The Morgan fingerprint density at radius 3 is 2.55 bits per heavy atom. The van der Waals surface area contributed by atoms with Crippen molar-refractivity contribution >= 4 is 23.0 Å². The van der Waals surface area contributed by atoms with Gasteiger partial charge in [0.15, 0.2) is 5.82 Å². The summed E-state index contributed by atoms with van der Waals surface area (Å²) in [4.78, 5) is 0.374. The minimum Gasteiger partial charge on any atom is -0.389 e. The Balaban J connectivity index is 2.87. The number of nitrogens with zero attached hydrogens (tertiary/aromatic N) is 2. The Morgan fingerprint density at radius 2 is 2.00 bits per heavy atom. The van der Waals surface area contributed by atoms with Crippen molar-refractivity contribution in [1.29, 1.82) is 0 Å². The number of ether oxygens (including phenoxy) is 1. The summed E-state index contributed by atoms with van der Waals surface area (Å²) < 4.78 is 5.30. The molecule has 0 aromatic carbocycles. The van der Waals surface area contributed by atoms with E-state index in [9.17, 15) is 0 Å². The summed E-state index contributed by atoms with van der Waals surface area (Å²) in [6, 6.07) is 0. The third-order valence-electron chi connectivity index (χ3n) is 3.05. The molecule has 0 atom stereocenters. The van der Waals surface area contributed by atoms with Gasteiger partial charge in [-0.05, 0) is 31.7 Å². The van der Waals surface area contributed by atoms with Crippen LogP contribution in [-0.4, -0.2) is 34.9 Å². The summed E-state index contributed by atoms with van der Waals surface area (Å²) >= 11 is 5.18. The number of rotatable bonds is 9. The summed E-state index contributed by atoms with van der Waals surface area (Å²) in [5, 5.41) is 11.8. The average molecular weight is 296 g/mol. The van der Waals surface area contributed by atoms with Gasteiger partial charge in [0.1, 0.15) is 4.99 Å². The second-order valence-corrected chi connectivity index (χ2v) is 4.84. The lowest BCUT2D eigenvalue weighted by atomic mass is 10.0. The quantitative estimate of drug-likeness (QED) is 0.537. The number of hydrogen-bond donors (Lipinski definition) is 2. The molecule has 6 heteroatoms. The van der Waals surface area contributed by atoms with E-state index in [0.717, 1.165) is 55.8 Å². The molecule has 1 heterocycles. The highest BCUT2D eigenvalue weighted by atomic mass is 32.1. The van der Waals surface area contributed by atoms with Gasteiger partial charge >= 0.3 is 0 Å². The zero-order chi connectivity index (χ0) is 15.0. The molecule has 1 aromatic rings. The van der Waals surface area contributed by atoms with Crippen LogP contribution in [0.1, 0.15) is 44.0 Å². The summed E-state index contributed by atoms with van der Waals surface area (Å²) in [5.41, 5.74) is 8.77. The zero-order valence-corrected chi connectivity index (χ0v) is 13.3. The maximum Gasteiger partial charge on any atom is 0.159 e. The Morgan fingerprint density at radius 1 is 1.25 bits per heavy atom. The van der Waals surface area contributed by atoms with E-state index in [1.807, 2.05) is 6.92 Å². The summed E-state index contributed by atoms with van der Waals surface area (Å²) in [6.45, 7) is 8.36. The number of anilines is 1. The van der Waals surface area contributed by atoms with E-state index in [0.29, 0.717) is 10.8 Å². The smallest absolute Gasteiger partial charge is 0.159 e. The molecule has 112 valence electrons. The lowest BCUT2D eigenvalue weighted by Crippen LogP contribution is -2.20. The first-order valence-corrected chi connectivity index (χ1v) is 7.56. The van der Waals surface area contributed by atoms with Crippen LogP contribution < -0.4 is 11.1 Å². The summed E-state index contributed by atoms with van der Waals surface area (Å²) in [7, 11) is 0. The van der Waals surface area contributed by atoms with Crippen LogP contribution in [0.3, 0.4) is 0 Å². The first kappa shape index (κ1) is 16.8. The number of nitrogens with two attached hydrogens (primary N) is 1. The molecular formula is C14H24N4OS. The standard InChI is InChI=1S/C14H24N4OS/c1-4-10-11(5-2)17-18-14(12(10)13(15)20)16-8-7-9-19-6-3/h4-9H2,1-3H3,(H2,15,20)(H,16,18). The lowest BCUT2D eigenvalue weighted by Gasteiger charge is -2.15. The van der Waals surface area contributed by atoms with Crippen LogP contribution in [-0.2, 0) is 17.6 Å². The Labute approximate surface area is 126 Å². The van der Waals surface area contributed by atoms with Crippen LogP contribution in [0.25, 0.3) is 0 Å². The van der Waals surface area contributed by atoms with Crippen LogP contribution in [0.15, 0.2) is 0 Å². The van der Waals surface area contributed by atoms with E-state index in [1.54, 1.807) is 0 Å². The van der Waals surface area contributed by atoms with Gasteiger partial charge in [-0.3, -0.25) is 0 Å². The van der Waals surface area contributed by atoms with Gasteiger partial charge in [-0.15, -0.1) is 5.10 Å². The summed E-state index contributed by atoms with van der Waals surface area (Å²) in [6.07, 6.45) is 2.58. The molecule has 0 fully saturated rings. The highest BCUT2D eigenvalue weighted by Gasteiger charge is 2.16. The average Bonchev–Trinajstić information content (AvgIpc) is 2.45. The molecule has 0 aliphatic heterocycles. The van der Waals surface area contributed by atoms with Crippen molar-refractivity contribution in [2.24, 2.45) is 5.73 Å². The third-order valence-corrected chi connectivity index (χ3v) is 3.26. The maximum absolute atomic E-state index is 5.87. The van der Waals surface area contributed by atoms with Crippen molar-refractivity contribution in [2.75, 3.05) is 25.1 Å². The highest BCUT2D eigenvalue weighted by Crippen LogP contribution is 2.20. The number of aryl methyl sites for hydroxylation is 1. The lowest BCUT2D eigenvalue weighted by molar-refractivity contribution is 0.147. The predicted octanol–water partition coefficient (Wildman–Crippen LogP) is 2.07. The molecule has 3 N–H and O–H groups in total. The normalized spacial score (nSPS) is 10.6. The second kappa shape index (κ2) is 8.81. The Hall–Kier alpha value is -1.27. The van der Waals surface area contributed by atoms with Crippen LogP contribution in [0.2, 0.25) is 0 Å². The minimum absolute atomic E-state index is 0.374. The van der Waals surface area contributed by atoms with Crippen molar-refractivity contribution in [2.45, 2.75) is 40.0 Å². The SMILES string of the molecule is CCOCCCNc1nnc(CC)c(CC)c1C(N)=S. The number of hydrogen-bond acceptors (Lipinski definition) is 5. The number of aromatic nitrogens is 2. The van der Waals surface area contributed by atoms with Crippen molar-refractivity contribution in [3.63, 3.8) is 0 Å². The minimum atomic E-state index is 0.374. The zero-order valence-electron chi connectivity index (χ0n) is 12.5. The van der Waals surface area contributed by atoms with Crippen LogP contribution in [0, 0.1) is 0 Å². The molecule has 5 nitrogen and oxygen atoms in total. The van der Waals surface area contributed by atoms with E-state index in [4.69, 9.17) is 22.7 Å². The molecule has 0 aliphatic rings. The number of nitrogens with one attached hydrogen (secondary N) is 1. The van der Waals surface area contributed by atoms with Crippen molar-refractivity contribution in [1.82, 2.24) is 10.2 Å². The fourth-order valence-corrected chi connectivity index (χ4v) is 2.31. The van der Waals surface area contributed by atoms with E-state index in [2.05, 4.69) is 29.4 Å². The molecule has 20 heavy (non-hydrogen) atoms. The topological polar surface area (TPSA) is 73.1 Å². The monoisotopic (exact) mass is 296 g/mol. The third kappa shape index (κ3) is 4.38. The molecule has 0 amide bonds. The second-order valence-electron chi connectivity index (χ2n) is 4.40. The Bertz CT molecular complexity index is 451. The van der Waals surface area contributed by atoms with E-state index in [-0.39, 0.29) is 0 Å². The fraction of sp³-hybridized carbons (Fsp3) is 0.643. The molecule has 0 aliphatic carbocycles. The molecule has 0 unspecified atom stereocenters. The van der Waals surface area contributed by atoms with Crippen molar-refractivity contribution in [3.8, 4) is 0 Å². The van der Waals surface area contributed by atoms with Crippen LogP contribution in [0.5, 0.6) is 0 Å². The predicted molar refractivity (Wildman–Crippen MR) is 86.3 cm³/mol. The first-order chi connectivity index (χ1) is 9.65. The van der Waals surface area contributed by atoms with E-state index >= 15 is 0 Å². The van der Waals surface area contributed by atoms with Crippen molar-refractivity contribution in [3.05, 3.63) is 16.8 Å². The summed E-state index contributed by atoms with van der Waals surface area (Å²) in [5.74, 6) is 0.683. The molecule has 0 spiro atoms. The van der Waals surface area contributed by atoms with Gasteiger partial charge < -0.3 is 15.8 Å². The molecular weight excluding hydrogens is 272 g/mol. The fourth-order valence-electron chi connectivity index (χ4n) is 2.09. The van der Waals surface area contributed by atoms with Gasteiger partial charge in [0.25, 0.3) is 0 Å². The van der Waals surface area contributed by atoms with Crippen LogP contribution >= 0.6 is 12.2 Å². The molecule has 1 aromatic heterocycles. The number of thiocarbonyl (C=S) groups is 1. The molecule has 0 bridgehead atoms. The van der Waals surface area contributed by atoms with Crippen molar-refractivity contribution < 1.29 is 4.74 Å². The van der Waals surface area contributed by atoms with E-state index < -0.39 is 0 Å². The van der Waals surface area contributed by atoms with E-state index in [1.165, 1.54) is 0 Å². The Kier molecular flexibility index (Phi) is 7.40. The van der Waals surface area contributed by atoms with Gasteiger partial charge in [0, 0.05) is 19.8 Å². The molecule has 1 rings (SSSR count). The van der Waals surface area contributed by atoms with Gasteiger partial charge in [0.05, 0.1) is 11.3 Å². The maximum atomic E-state index is 5.87. The molecule has 0 saturated heterocycles. The largest absolute Gasteiger partial charge is 0.389 e. The highest BCUT2D eigenvalue weighted by molar-refractivity contribution is 7.80. The van der Waals surface area contributed by atoms with Gasteiger partial charge in [-0.2, -0.15) is 5.10 Å². The molecule has 0 radical (unpaired) electrons. The van der Waals surface area contributed by atoms with Gasteiger partial charge in [-0.1, -0.05) is 26.1 Å². The van der Waals surface area contributed by atoms with Gasteiger partial charge in [0.2, 0.25) is 0 Å². The van der Waals surface area contributed by atoms with Gasteiger partial charge in [-0.25, -0.2) is 0 Å².